The molecule has 1 aliphatic heterocycles. The summed E-state index contributed by atoms with van der Waals surface area (Å²) in [6, 6.07) is 10.5. The molecule has 1 aliphatic rings. The molecule has 2 aromatic carbocycles. The third-order valence-corrected chi connectivity index (χ3v) is 4.25. The molecular weight excluding hydrogens is 388 g/mol. The summed E-state index contributed by atoms with van der Waals surface area (Å²) < 4.78 is 10.7. The summed E-state index contributed by atoms with van der Waals surface area (Å²) in [6.45, 7) is 4.89. The lowest BCUT2D eigenvalue weighted by atomic mass is 9.89. The Hall–Kier alpha value is -4.25. The van der Waals surface area contributed by atoms with Crippen LogP contribution < -0.4 is 10.1 Å². The van der Waals surface area contributed by atoms with Gasteiger partial charge in [-0.2, -0.15) is 5.26 Å². The Bertz CT molecular complexity index is 1070. The minimum absolute atomic E-state index is 0.00230. The molecule has 1 heterocycles. The second-order valence-electron chi connectivity index (χ2n) is 6.50. The van der Waals surface area contributed by atoms with Crippen molar-refractivity contribution in [3.05, 3.63) is 65.3 Å². The van der Waals surface area contributed by atoms with Crippen LogP contribution in [0.5, 0.6) is 23.0 Å². The largest absolute Gasteiger partial charge is 0.508 e. The van der Waals surface area contributed by atoms with Crippen LogP contribution in [0.3, 0.4) is 0 Å². The van der Waals surface area contributed by atoms with Crippen molar-refractivity contribution in [1.82, 2.24) is 5.32 Å². The molecule has 2 aromatic rings. The third-order valence-electron chi connectivity index (χ3n) is 4.25. The Balaban J connectivity index is 1.96. The van der Waals surface area contributed by atoms with E-state index >= 15 is 0 Å². The molecule has 0 unspecified atom stereocenters. The second-order valence-corrected chi connectivity index (χ2v) is 6.50. The highest BCUT2D eigenvalue weighted by Gasteiger charge is 2.28. The van der Waals surface area contributed by atoms with Crippen molar-refractivity contribution in [3.63, 3.8) is 0 Å². The number of esters is 1. The van der Waals surface area contributed by atoms with Crippen LogP contribution in [-0.4, -0.2) is 35.2 Å². The lowest BCUT2D eigenvalue weighted by molar-refractivity contribution is -0.139. The molecule has 0 radical (unpaired) electrons. The summed E-state index contributed by atoms with van der Waals surface area (Å²) in [7, 11) is 0. The number of carbonyl (C=O) groups is 2. The van der Waals surface area contributed by atoms with Crippen LogP contribution in [-0.2, 0) is 14.3 Å². The molecule has 0 saturated carbocycles. The molecule has 152 valence electrons. The molecule has 8 nitrogen and oxygen atoms in total. The molecule has 8 heteroatoms. The molecule has 0 fully saturated rings. The van der Waals surface area contributed by atoms with E-state index in [1.54, 1.807) is 0 Å². The molecule has 0 saturated heterocycles. The number of nitriles is 1. The van der Waals surface area contributed by atoms with E-state index in [0.717, 1.165) is 0 Å². The van der Waals surface area contributed by atoms with Crippen molar-refractivity contribution in [2.24, 2.45) is 0 Å². The van der Waals surface area contributed by atoms with E-state index < -0.39 is 11.9 Å². The minimum atomic E-state index is -0.668. The molecular formula is C22H18N2O6. The predicted octanol–water partition coefficient (Wildman–Crippen LogP) is 2.76. The van der Waals surface area contributed by atoms with Crippen LogP contribution in [0.15, 0.2) is 54.1 Å². The third kappa shape index (κ3) is 4.10. The van der Waals surface area contributed by atoms with Crippen molar-refractivity contribution in [3.8, 4) is 29.1 Å². The Morgan fingerprint density at radius 1 is 1.13 bits per heavy atom. The fourth-order valence-corrected chi connectivity index (χ4v) is 2.88. The van der Waals surface area contributed by atoms with Gasteiger partial charge in [0.05, 0.1) is 6.54 Å². The predicted molar refractivity (Wildman–Crippen MR) is 107 cm³/mol. The van der Waals surface area contributed by atoms with Gasteiger partial charge in [-0.25, -0.2) is 4.79 Å². The van der Waals surface area contributed by atoms with Crippen LogP contribution >= 0.6 is 0 Å². The molecule has 0 spiro atoms. The average Bonchev–Trinajstić information content (AvgIpc) is 2.70. The van der Waals surface area contributed by atoms with Crippen LogP contribution in [0.25, 0.3) is 5.57 Å². The summed E-state index contributed by atoms with van der Waals surface area (Å²) >= 11 is 0. The summed E-state index contributed by atoms with van der Waals surface area (Å²) in [5, 5.41) is 31.8. The fourth-order valence-electron chi connectivity index (χ4n) is 2.88. The van der Waals surface area contributed by atoms with Crippen molar-refractivity contribution in [1.29, 1.82) is 5.26 Å². The number of carbonyl (C=O) groups excluding carboxylic acids is 2. The second kappa shape index (κ2) is 8.41. The number of ether oxygens (including phenoxy) is 2. The van der Waals surface area contributed by atoms with E-state index in [1.807, 2.05) is 6.07 Å². The van der Waals surface area contributed by atoms with E-state index in [9.17, 15) is 25.1 Å². The lowest BCUT2D eigenvalue weighted by Gasteiger charge is -2.24. The smallest absolute Gasteiger partial charge is 0.333 e. The summed E-state index contributed by atoms with van der Waals surface area (Å²) in [6.07, 6.45) is 0. The normalized spacial score (nSPS) is 11.3. The maximum atomic E-state index is 12.7. The van der Waals surface area contributed by atoms with Crippen molar-refractivity contribution < 1.29 is 29.3 Å². The summed E-state index contributed by atoms with van der Waals surface area (Å²) in [5.74, 6) is -0.884. The fraction of sp³-hybridized carbons (Fsp3) is 0.136. The first kappa shape index (κ1) is 20.5. The van der Waals surface area contributed by atoms with Crippen LogP contribution in [0.1, 0.15) is 18.1 Å². The highest BCUT2D eigenvalue weighted by molar-refractivity contribution is 6.09. The Morgan fingerprint density at radius 3 is 2.20 bits per heavy atom. The van der Waals surface area contributed by atoms with Crippen LogP contribution in [0.2, 0.25) is 0 Å². The van der Waals surface area contributed by atoms with E-state index in [2.05, 4.69) is 11.9 Å². The van der Waals surface area contributed by atoms with Gasteiger partial charge in [-0.1, -0.05) is 6.58 Å². The zero-order valence-corrected chi connectivity index (χ0v) is 16.1. The quantitative estimate of drug-likeness (QED) is 0.257. The van der Waals surface area contributed by atoms with Gasteiger partial charge in [-0.3, -0.25) is 4.79 Å². The molecule has 3 rings (SSSR count). The molecule has 0 bridgehead atoms. The monoisotopic (exact) mass is 406 g/mol. The maximum Gasteiger partial charge on any atom is 0.333 e. The topological polar surface area (TPSA) is 129 Å². The number of phenolic OH excluding ortho intramolecular Hbond substituents is 2. The van der Waals surface area contributed by atoms with Gasteiger partial charge in [0.2, 0.25) is 0 Å². The first-order valence-corrected chi connectivity index (χ1v) is 8.91. The molecule has 1 amide bonds. The highest BCUT2D eigenvalue weighted by atomic mass is 16.5. The Morgan fingerprint density at radius 2 is 1.70 bits per heavy atom. The number of benzene rings is 2. The number of phenols is 2. The first-order valence-electron chi connectivity index (χ1n) is 8.91. The van der Waals surface area contributed by atoms with E-state index in [-0.39, 0.29) is 47.3 Å². The van der Waals surface area contributed by atoms with Gasteiger partial charge in [0.15, 0.2) is 0 Å². The summed E-state index contributed by atoms with van der Waals surface area (Å²) in [5.41, 5.74) is 1.22. The van der Waals surface area contributed by atoms with E-state index in [0.29, 0.717) is 16.7 Å². The molecule has 0 aliphatic carbocycles. The highest BCUT2D eigenvalue weighted by Crippen LogP contribution is 2.47. The van der Waals surface area contributed by atoms with Crippen molar-refractivity contribution in [2.75, 3.05) is 13.2 Å². The number of hydrogen-bond donors (Lipinski definition) is 3. The van der Waals surface area contributed by atoms with Gasteiger partial charge in [0.1, 0.15) is 41.2 Å². The van der Waals surface area contributed by atoms with Gasteiger partial charge >= 0.3 is 5.97 Å². The number of nitrogens with one attached hydrogen (secondary N) is 1. The van der Waals surface area contributed by atoms with Gasteiger partial charge in [-0.05, 0) is 31.2 Å². The number of hydrogen-bond acceptors (Lipinski definition) is 7. The molecule has 0 atom stereocenters. The van der Waals surface area contributed by atoms with Gasteiger partial charge in [0.25, 0.3) is 5.91 Å². The zero-order valence-electron chi connectivity index (χ0n) is 16.1. The van der Waals surface area contributed by atoms with Crippen LogP contribution in [0.4, 0.5) is 0 Å². The Kier molecular flexibility index (Phi) is 5.74. The SMILES string of the molecule is C=C(C)C(=O)OCCNC(=O)C(C#N)=C1c2ccc(O)cc2Oc2cc(O)ccc21. The van der Waals surface area contributed by atoms with Crippen LogP contribution in [0, 0.1) is 11.3 Å². The van der Waals surface area contributed by atoms with Crippen molar-refractivity contribution in [2.45, 2.75) is 6.92 Å². The number of rotatable bonds is 5. The summed E-state index contributed by atoms with van der Waals surface area (Å²) in [4.78, 5) is 24.1. The Labute approximate surface area is 172 Å². The average molecular weight is 406 g/mol. The lowest BCUT2D eigenvalue weighted by Crippen LogP contribution is -2.30. The number of fused-ring (bicyclic) bond motifs is 2. The maximum absolute atomic E-state index is 12.7. The molecule has 0 aromatic heterocycles. The van der Waals surface area contributed by atoms with E-state index in [4.69, 9.17) is 9.47 Å². The minimum Gasteiger partial charge on any atom is -0.508 e. The first-order chi connectivity index (χ1) is 14.3. The van der Waals surface area contributed by atoms with Gasteiger partial charge < -0.3 is 25.0 Å². The standard InChI is InChI=1S/C22H18N2O6/c1-12(2)22(28)29-8-7-24-21(27)17(11-23)20-15-5-3-13(25)9-18(15)30-19-10-14(26)4-6-16(19)20/h3-6,9-10,25-26H,1,7-8H2,2H3,(H,24,27). The van der Waals surface area contributed by atoms with Gasteiger partial charge in [-0.15, -0.1) is 0 Å². The van der Waals surface area contributed by atoms with Gasteiger partial charge in [0, 0.05) is 34.4 Å². The zero-order chi connectivity index (χ0) is 21.8. The van der Waals surface area contributed by atoms with E-state index in [1.165, 1.54) is 43.3 Å². The molecule has 30 heavy (non-hydrogen) atoms. The number of aromatic hydroxyl groups is 2. The van der Waals surface area contributed by atoms with Crippen molar-refractivity contribution >= 4 is 17.4 Å². The molecule has 3 N–H and O–H groups in total. The number of amides is 1. The number of nitrogens with zero attached hydrogens (tertiary/aromatic N) is 1.